The van der Waals surface area contributed by atoms with E-state index in [4.69, 9.17) is 11.6 Å². The molecule has 22 heavy (non-hydrogen) atoms. The number of carbonyl (C=O) groups excluding carboxylic acids is 2. The topological polar surface area (TPSA) is 49.4 Å². The zero-order valence-electron chi connectivity index (χ0n) is 12.6. The highest BCUT2D eigenvalue weighted by Gasteiger charge is 2.38. The summed E-state index contributed by atoms with van der Waals surface area (Å²) in [6, 6.07) is 7.77. The van der Waals surface area contributed by atoms with Crippen LogP contribution in [0.25, 0.3) is 0 Å². The van der Waals surface area contributed by atoms with E-state index >= 15 is 0 Å². The highest BCUT2D eigenvalue weighted by molar-refractivity contribution is 6.30. The third kappa shape index (κ3) is 3.43. The number of nitrogens with one attached hydrogen (secondary N) is 1. The van der Waals surface area contributed by atoms with Gasteiger partial charge in [-0.2, -0.15) is 0 Å². The summed E-state index contributed by atoms with van der Waals surface area (Å²) in [7, 11) is 0. The van der Waals surface area contributed by atoms with Crippen molar-refractivity contribution in [2.45, 2.75) is 44.7 Å². The van der Waals surface area contributed by atoms with Gasteiger partial charge in [-0.15, -0.1) is 0 Å². The fourth-order valence-electron chi connectivity index (χ4n) is 3.41. The van der Waals surface area contributed by atoms with Crippen LogP contribution >= 0.6 is 11.6 Å². The van der Waals surface area contributed by atoms with E-state index in [0.29, 0.717) is 30.6 Å². The maximum Gasteiger partial charge on any atom is 0.225 e. The fraction of sp³-hybridized carbons (Fsp3) is 0.529. The van der Waals surface area contributed by atoms with Crippen molar-refractivity contribution < 1.29 is 9.59 Å². The first kappa shape index (κ1) is 15.3. The van der Waals surface area contributed by atoms with Crippen LogP contribution in [0.4, 0.5) is 0 Å². The number of nitrogens with zero attached hydrogens (tertiary/aromatic N) is 1. The van der Waals surface area contributed by atoms with Crippen molar-refractivity contribution >= 4 is 23.4 Å². The number of benzene rings is 1. The van der Waals surface area contributed by atoms with E-state index < -0.39 is 0 Å². The Labute approximate surface area is 135 Å². The van der Waals surface area contributed by atoms with Crippen molar-refractivity contribution in [1.29, 1.82) is 0 Å². The van der Waals surface area contributed by atoms with Crippen molar-refractivity contribution in [3.63, 3.8) is 0 Å². The molecule has 1 N–H and O–H groups in total. The average Bonchev–Trinajstić information content (AvgIpc) is 3.15. The van der Waals surface area contributed by atoms with Crippen LogP contribution in [-0.4, -0.2) is 29.3 Å². The Morgan fingerprint density at radius 2 is 1.91 bits per heavy atom. The minimum atomic E-state index is -0.208. The van der Waals surface area contributed by atoms with E-state index in [0.717, 1.165) is 18.4 Å². The van der Waals surface area contributed by atoms with Gasteiger partial charge in [0.15, 0.2) is 0 Å². The van der Waals surface area contributed by atoms with Gasteiger partial charge in [-0.05, 0) is 30.5 Å². The molecule has 0 spiro atoms. The summed E-state index contributed by atoms with van der Waals surface area (Å²) in [5.41, 5.74) is 1.01. The van der Waals surface area contributed by atoms with Gasteiger partial charge in [0.05, 0.1) is 5.92 Å². The van der Waals surface area contributed by atoms with Gasteiger partial charge in [0.1, 0.15) is 0 Å². The number of likely N-dealkylation sites (tertiary alicyclic amines) is 1. The normalized spacial score (nSPS) is 22.3. The zero-order chi connectivity index (χ0) is 15.5. The number of rotatable bonds is 4. The Morgan fingerprint density at radius 3 is 2.59 bits per heavy atom. The Bertz CT molecular complexity index is 552. The van der Waals surface area contributed by atoms with Gasteiger partial charge < -0.3 is 10.2 Å². The molecule has 0 radical (unpaired) electrons. The largest absolute Gasteiger partial charge is 0.352 e. The van der Waals surface area contributed by atoms with Crippen LogP contribution in [0.5, 0.6) is 0 Å². The first-order valence-electron chi connectivity index (χ1n) is 7.95. The van der Waals surface area contributed by atoms with Crippen LogP contribution in [0.1, 0.15) is 37.7 Å². The Hall–Kier alpha value is -1.55. The van der Waals surface area contributed by atoms with Crippen molar-refractivity contribution in [3.8, 4) is 0 Å². The molecule has 3 rings (SSSR count). The minimum Gasteiger partial charge on any atom is -0.352 e. The van der Waals surface area contributed by atoms with E-state index in [2.05, 4.69) is 5.32 Å². The number of hydrogen-bond acceptors (Lipinski definition) is 2. The molecule has 0 bridgehead atoms. The molecule has 0 unspecified atom stereocenters. The highest BCUT2D eigenvalue weighted by atomic mass is 35.5. The van der Waals surface area contributed by atoms with Crippen molar-refractivity contribution in [2.24, 2.45) is 5.92 Å². The molecule has 1 aromatic carbocycles. The highest BCUT2D eigenvalue weighted by Crippen LogP contribution is 2.29. The van der Waals surface area contributed by atoms with E-state index in [1.807, 2.05) is 29.2 Å². The maximum atomic E-state index is 12.3. The third-order valence-electron chi connectivity index (χ3n) is 4.67. The molecule has 118 valence electrons. The fourth-order valence-corrected chi connectivity index (χ4v) is 3.54. The summed E-state index contributed by atoms with van der Waals surface area (Å²) in [5.74, 6) is -0.0947. The molecule has 0 aromatic heterocycles. The minimum absolute atomic E-state index is 0.0243. The van der Waals surface area contributed by atoms with Gasteiger partial charge >= 0.3 is 0 Å². The monoisotopic (exact) mass is 320 g/mol. The second kappa shape index (κ2) is 6.69. The van der Waals surface area contributed by atoms with Crippen LogP contribution in [0.15, 0.2) is 24.3 Å². The molecule has 2 fully saturated rings. The van der Waals surface area contributed by atoms with Gasteiger partial charge in [-0.25, -0.2) is 0 Å². The molecule has 1 aliphatic heterocycles. The van der Waals surface area contributed by atoms with E-state index in [1.54, 1.807) is 0 Å². The SMILES string of the molecule is O=C(NCc1ccc(Cl)cc1)[C@@H]1CC(=O)N(C2CCCC2)C1. The molecule has 5 heteroatoms. The molecular weight excluding hydrogens is 300 g/mol. The van der Waals surface area contributed by atoms with Crippen molar-refractivity contribution in [2.75, 3.05) is 6.54 Å². The molecule has 1 atom stereocenters. The van der Waals surface area contributed by atoms with Gasteiger partial charge in [-0.3, -0.25) is 9.59 Å². The van der Waals surface area contributed by atoms with Crippen molar-refractivity contribution in [1.82, 2.24) is 10.2 Å². The molecule has 2 amide bonds. The smallest absolute Gasteiger partial charge is 0.225 e. The van der Waals surface area contributed by atoms with Crippen LogP contribution in [0.2, 0.25) is 5.02 Å². The second-order valence-electron chi connectivity index (χ2n) is 6.23. The summed E-state index contributed by atoms with van der Waals surface area (Å²) < 4.78 is 0. The van der Waals surface area contributed by atoms with Crippen LogP contribution in [0.3, 0.4) is 0 Å². The lowest BCUT2D eigenvalue weighted by Crippen LogP contribution is -2.36. The molecule has 1 aliphatic carbocycles. The first-order chi connectivity index (χ1) is 10.6. The molecular formula is C17H21ClN2O2. The number of amides is 2. The van der Waals surface area contributed by atoms with E-state index in [-0.39, 0.29) is 17.7 Å². The lowest BCUT2D eigenvalue weighted by Gasteiger charge is -2.23. The molecule has 1 heterocycles. The Kier molecular flexibility index (Phi) is 4.67. The second-order valence-corrected chi connectivity index (χ2v) is 6.67. The Balaban J connectivity index is 1.52. The van der Waals surface area contributed by atoms with Crippen LogP contribution in [0, 0.1) is 5.92 Å². The summed E-state index contributed by atoms with van der Waals surface area (Å²) in [6.45, 7) is 1.06. The molecule has 1 aromatic rings. The standard InChI is InChI=1S/C17H21ClN2O2/c18-14-7-5-12(6-8-14)10-19-17(22)13-9-16(21)20(11-13)15-3-1-2-4-15/h5-8,13,15H,1-4,9-11H2,(H,19,22)/t13-/m1/s1. The molecule has 4 nitrogen and oxygen atoms in total. The number of carbonyl (C=O) groups is 2. The summed E-state index contributed by atoms with van der Waals surface area (Å²) >= 11 is 5.84. The predicted octanol–water partition coefficient (Wildman–Crippen LogP) is 2.75. The quantitative estimate of drug-likeness (QED) is 0.927. The van der Waals surface area contributed by atoms with Gasteiger partial charge in [0.2, 0.25) is 11.8 Å². The maximum absolute atomic E-state index is 12.3. The van der Waals surface area contributed by atoms with Crippen LogP contribution in [-0.2, 0) is 16.1 Å². The van der Waals surface area contributed by atoms with E-state index in [9.17, 15) is 9.59 Å². The molecule has 2 aliphatic rings. The summed E-state index contributed by atoms with van der Waals surface area (Å²) in [5, 5.41) is 3.62. The van der Waals surface area contributed by atoms with Crippen molar-refractivity contribution in [3.05, 3.63) is 34.9 Å². The Morgan fingerprint density at radius 1 is 1.23 bits per heavy atom. The first-order valence-corrected chi connectivity index (χ1v) is 8.33. The van der Waals surface area contributed by atoms with Gasteiger partial charge in [0.25, 0.3) is 0 Å². The average molecular weight is 321 g/mol. The molecule has 1 saturated heterocycles. The number of halogens is 1. The third-order valence-corrected chi connectivity index (χ3v) is 4.93. The van der Waals surface area contributed by atoms with Gasteiger partial charge in [-0.1, -0.05) is 36.6 Å². The van der Waals surface area contributed by atoms with Crippen LogP contribution < -0.4 is 5.32 Å². The lowest BCUT2D eigenvalue weighted by atomic mass is 10.1. The lowest BCUT2D eigenvalue weighted by molar-refractivity contribution is -0.130. The molecule has 1 saturated carbocycles. The predicted molar refractivity (Wildman–Crippen MR) is 85.4 cm³/mol. The zero-order valence-corrected chi connectivity index (χ0v) is 13.3. The van der Waals surface area contributed by atoms with Gasteiger partial charge in [0, 0.05) is 30.6 Å². The van der Waals surface area contributed by atoms with E-state index in [1.165, 1.54) is 12.8 Å². The number of hydrogen-bond donors (Lipinski definition) is 1. The summed E-state index contributed by atoms with van der Waals surface area (Å²) in [4.78, 5) is 26.3. The summed E-state index contributed by atoms with van der Waals surface area (Å²) in [6.07, 6.45) is 4.92.